The Morgan fingerprint density at radius 3 is 1.82 bits per heavy atom. The third-order valence-electron chi connectivity index (χ3n) is 6.69. The average Bonchev–Trinajstić information content (AvgIpc) is 3.10. The maximum Gasteiger partial charge on any atom is 0.334 e. The highest BCUT2D eigenvalue weighted by atomic mass is 32.1. The second-order valence-corrected chi connectivity index (χ2v) is 11.4. The molecule has 176 valence electrons. The molecule has 0 amide bonds. The van der Waals surface area contributed by atoms with E-state index in [2.05, 4.69) is 5.32 Å². The first-order chi connectivity index (χ1) is 16.2. The molecule has 0 bridgehead atoms. The molecule has 6 nitrogen and oxygen atoms in total. The van der Waals surface area contributed by atoms with Gasteiger partial charge < -0.3 is 14.8 Å². The fourth-order valence-electron chi connectivity index (χ4n) is 4.63. The number of nitrogens with zero attached hydrogens (tertiary/aromatic N) is 1. The van der Waals surface area contributed by atoms with Gasteiger partial charge in [0.05, 0.1) is 14.2 Å². The van der Waals surface area contributed by atoms with E-state index in [1.165, 1.54) is 7.11 Å². The van der Waals surface area contributed by atoms with Crippen LogP contribution >= 0.6 is 19.5 Å². The van der Waals surface area contributed by atoms with Crippen molar-refractivity contribution in [1.82, 2.24) is 9.99 Å². The summed E-state index contributed by atoms with van der Waals surface area (Å²) in [5.41, 5.74) is -1.77. The predicted octanol–water partition coefficient (Wildman–Crippen LogP) is 3.96. The Balaban J connectivity index is 2.06. The van der Waals surface area contributed by atoms with Crippen LogP contribution in [-0.2, 0) is 19.6 Å². The molecule has 4 rings (SSSR count). The van der Waals surface area contributed by atoms with Crippen molar-refractivity contribution in [3.05, 3.63) is 90.5 Å². The third-order valence-corrected chi connectivity index (χ3v) is 10.3. The van der Waals surface area contributed by atoms with Crippen LogP contribution in [0.1, 0.15) is 19.4 Å². The molecule has 1 aliphatic heterocycles. The van der Waals surface area contributed by atoms with Crippen molar-refractivity contribution in [3.63, 3.8) is 0 Å². The maximum absolute atomic E-state index is 15.4. The average molecular weight is 495 g/mol. The van der Waals surface area contributed by atoms with Crippen molar-refractivity contribution in [3.8, 4) is 5.75 Å². The first kappa shape index (κ1) is 24.0. The molecule has 3 aromatic rings. The summed E-state index contributed by atoms with van der Waals surface area (Å²) in [5, 5.41) is 4.60. The number of ether oxygens (including phenoxy) is 2. The molecule has 8 heteroatoms. The van der Waals surface area contributed by atoms with Crippen molar-refractivity contribution in [2.75, 3.05) is 14.2 Å². The number of nitrogens with one attached hydrogen (secondary N) is 1. The monoisotopic (exact) mass is 494 g/mol. The van der Waals surface area contributed by atoms with Gasteiger partial charge in [0.1, 0.15) is 11.3 Å². The summed E-state index contributed by atoms with van der Waals surface area (Å²) in [6.07, 6.45) is 0. The SMILES string of the molecule is COC(=O)[C@@]1(C)NC(=S)N(P(=O)(c2ccccc2)c2ccccc2)[C@@]1(C)c1ccc(OC)cc1. The van der Waals surface area contributed by atoms with Crippen LogP contribution in [0.4, 0.5) is 0 Å². The Hall–Kier alpha value is -3.15. The number of carbonyl (C=O) groups excluding carboxylic acids is 1. The molecule has 3 aromatic carbocycles. The first-order valence-electron chi connectivity index (χ1n) is 10.8. The van der Waals surface area contributed by atoms with Crippen LogP contribution in [0.15, 0.2) is 84.9 Å². The summed E-state index contributed by atoms with van der Waals surface area (Å²) >= 11 is 5.81. The van der Waals surface area contributed by atoms with E-state index in [0.29, 0.717) is 16.4 Å². The van der Waals surface area contributed by atoms with E-state index < -0.39 is 24.3 Å². The van der Waals surface area contributed by atoms with Crippen molar-refractivity contribution < 1.29 is 18.8 Å². The molecule has 1 fully saturated rings. The molecule has 0 aromatic heterocycles. The van der Waals surface area contributed by atoms with E-state index in [4.69, 9.17) is 21.7 Å². The highest BCUT2D eigenvalue weighted by molar-refractivity contribution is 7.83. The summed E-state index contributed by atoms with van der Waals surface area (Å²) in [5.74, 6) is 0.157. The summed E-state index contributed by atoms with van der Waals surface area (Å²) in [6.45, 7) is 3.60. The van der Waals surface area contributed by atoms with Gasteiger partial charge in [-0.05, 0) is 68.0 Å². The molecular weight excluding hydrogens is 467 g/mol. The highest BCUT2D eigenvalue weighted by Gasteiger charge is 2.66. The molecule has 0 saturated carbocycles. The van der Waals surface area contributed by atoms with Crippen LogP contribution in [0.25, 0.3) is 0 Å². The quantitative estimate of drug-likeness (QED) is 0.316. The summed E-state index contributed by atoms with van der Waals surface area (Å²) in [7, 11) is -0.646. The molecule has 34 heavy (non-hydrogen) atoms. The Morgan fingerprint density at radius 1 is 0.882 bits per heavy atom. The number of benzene rings is 3. The Bertz CT molecular complexity index is 1210. The van der Waals surface area contributed by atoms with E-state index in [1.54, 1.807) is 18.7 Å². The van der Waals surface area contributed by atoms with E-state index in [1.807, 2.05) is 91.9 Å². The molecule has 1 heterocycles. The Morgan fingerprint density at radius 2 is 1.38 bits per heavy atom. The lowest BCUT2D eigenvalue weighted by molar-refractivity contribution is -0.150. The van der Waals surface area contributed by atoms with Crippen LogP contribution in [0.2, 0.25) is 0 Å². The number of thiocarbonyl (C=S) groups is 1. The third kappa shape index (κ3) is 3.42. The molecule has 1 N–H and O–H groups in total. The fourth-order valence-corrected chi connectivity index (χ4v) is 8.46. The molecule has 1 saturated heterocycles. The Labute approximate surface area is 205 Å². The fraction of sp³-hybridized carbons (Fsp3) is 0.231. The van der Waals surface area contributed by atoms with E-state index in [-0.39, 0.29) is 5.11 Å². The molecule has 0 unspecified atom stereocenters. The predicted molar refractivity (Wildman–Crippen MR) is 138 cm³/mol. The normalized spacial score (nSPS) is 22.2. The van der Waals surface area contributed by atoms with Crippen molar-refractivity contribution >= 4 is 41.2 Å². The summed E-state index contributed by atoms with van der Waals surface area (Å²) in [4.78, 5) is 13.3. The minimum absolute atomic E-state index is 0.210. The van der Waals surface area contributed by atoms with Crippen LogP contribution in [0.3, 0.4) is 0 Å². The zero-order valence-electron chi connectivity index (χ0n) is 19.5. The lowest BCUT2D eigenvalue weighted by Crippen LogP contribution is -2.60. The van der Waals surface area contributed by atoms with Crippen molar-refractivity contribution in [2.45, 2.75) is 24.9 Å². The van der Waals surface area contributed by atoms with Crippen molar-refractivity contribution in [2.24, 2.45) is 0 Å². The van der Waals surface area contributed by atoms with Gasteiger partial charge in [0, 0.05) is 10.6 Å². The number of esters is 1. The lowest BCUT2D eigenvalue weighted by atomic mass is 9.75. The van der Waals surface area contributed by atoms with Gasteiger partial charge in [-0.2, -0.15) is 0 Å². The maximum atomic E-state index is 15.4. The van der Waals surface area contributed by atoms with Gasteiger partial charge >= 0.3 is 5.97 Å². The van der Waals surface area contributed by atoms with Crippen LogP contribution < -0.4 is 20.7 Å². The first-order valence-corrected chi connectivity index (χ1v) is 12.9. The number of carbonyl (C=O) groups is 1. The molecule has 0 radical (unpaired) electrons. The summed E-state index contributed by atoms with van der Waals surface area (Å²) < 4.78 is 27.6. The molecule has 0 aliphatic carbocycles. The number of rotatable bonds is 6. The Kier molecular flexibility index (Phi) is 6.28. The van der Waals surface area contributed by atoms with E-state index in [0.717, 1.165) is 5.56 Å². The summed E-state index contributed by atoms with van der Waals surface area (Å²) in [6, 6.07) is 25.8. The zero-order valence-corrected chi connectivity index (χ0v) is 21.2. The van der Waals surface area contributed by atoms with E-state index in [9.17, 15) is 4.79 Å². The second-order valence-electron chi connectivity index (χ2n) is 8.41. The second kappa shape index (κ2) is 8.90. The molecule has 1 aliphatic rings. The standard InChI is InChI=1S/C26H27N2O4PS/c1-25(23(29)32-4)26(2,19-15-17-20(31-3)18-16-19)28(24(34)27-25)33(30,21-11-7-5-8-12-21)22-13-9-6-10-14-22/h5-18H,1-4H3,(H,27,34)/t25-,26+/m1/s1. The minimum atomic E-state index is -3.57. The number of methoxy groups -OCH3 is 2. The topological polar surface area (TPSA) is 67.9 Å². The van der Waals surface area contributed by atoms with Gasteiger partial charge in [-0.3, -0.25) is 9.24 Å². The number of hydrogen-bond donors (Lipinski definition) is 1. The minimum Gasteiger partial charge on any atom is -0.497 e. The zero-order chi connectivity index (χ0) is 24.6. The van der Waals surface area contributed by atoms with Gasteiger partial charge in [0.25, 0.3) is 0 Å². The van der Waals surface area contributed by atoms with Gasteiger partial charge in [-0.1, -0.05) is 48.5 Å². The smallest absolute Gasteiger partial charge is 0.334 e. The van der Waals surface area contributed by atoms with Gasteiger partial charge in [0.2, 0.25) is 7.29 Å². The van der Waals surface area contributed by atoms with Crippen LogP contribution in [0, 0.1) is 0 Å². The van der Waals surface area contributed by atoms with Gasteiger partial charge in [-0.15, -0.1) is 0 Å². The van der Waals surface area contributed by atoms with Crippen LogP contribution in [-0.4, -0.2) is 35.5 Å². The molecule has 2 atom stereocenters. The van der Waals surface area contributed by atoms with E-state index >= 15 is 4.57 Å². The largest absolute Gasteiger partial charge is 0.497 e. The van der Waals surface area contributed by atoms with Crippen molar-refractivity contribution in [1.29, 1.82) is 0 Å². The van der Waals surface area contributed by atoms with Crippen LogP contribution in [0.5, 0.6) is 5.75 Å². The van der Waals surface area contributed by atoms with Gasteiger partial charge in [0.15, 0.2) is 10.7 Å². The van der Waals surface area contributed by atoms with Gasteiger partial charge in [-0.25, -0.2) is 4.79 Å². The molecular formula is C26H27N2O4PS. The highest BCUT2D eigenvalue weighted by Crippen LogP contribution is 2.60. The number of hydrogen-bond acceptors (Lipinski definition) is 5. The molecule has 0 spiro atoms. The lowest BCUT2D eigenvalue weighted by Gasteiger charge is -2.46.